The van der Waals surface area contributed by atoms with Gasteiger partial charge in [-0.2, -0.15) is 0 Å². The van der Waals surface area contributed by atoms with Crippen molar-refractivity contribution in [3.8, 4) is 11.1 Å². The highest BCUT2D eigenvalue weighted by Gasteiger charge is 2.40. The molecule has 3 aliphatic carbocycles. The smallest absolute Gasteiger partial charge is 0.407 e. The Morgan fingerprint density at radius 3 is 2.20 bits per heavy atom. The molecule has 1 fully saturated rings. The molecule has 0 heterocycles. The summed E-state index contributed by atoms with van der Waals surface area (Å²) in [6, 6.07) is 16.2. The first kappa shape index (κ1) is 23.1. The number of carboxylic acid groups (broad SMARTS) is 1. The number of nitrogens with one attached hydrogen (secondary N) is 2. The first-order valence-corrected chi connectivity index (χ1v) is 12.2. The van der Waals surface area contributed by atoms with Crippen LogP contribution in [0.2, 0.25) is 0 Å². The van der Waals surface area contributed by atoms with Gasteiger partial charge in [-0.1, -0.05) is 67.1 Å². The SMILES string of the molecule is O=C(CC1(CNC(=O)OCC2c3ccccc3-c3ccccc32)CCC1)NC1C=CC(C(=O)O)C1. The molecule has 7 nitrogen and oxygen atoms in total. The van der Waals surface area contributed by atoms with E-state index in [2.05, 4.69) is 34.9 Å². The zero-order chi connectivity index (χ0) is 24.4. The van der Waals surface area contributed by atoms with Crippen molar-refractivity contribution in [3.63, 3.8) is 0 Å². The summed E-state index contributed by atoms with van der Waals surface area (Å²) in [5.74, 6) is -1.53. The van der Waals surface area contributed by atoms with Crippen LogP contribution in [0.15, 0.2) is 60.7 Å². The van der Waals surface area contributed by atoms with Gasteiger partial charge in [0.1, 0.15) is 6.61 Å². The summed E-state index contributed by atoms with van der Waals surface area (Å²) in [5, 5.41) is 14.9. The lowest BCUT2D eigenvalue weighted by atomic mass is 9.66. The third kappa shape index (κ3) is 4.81. The van der Waals surface area contributed by atoms with E-state index in [0.29, 0.717) is 19.4 Å². The van der Waals surface area contributed by atoms with Gasteiger partial charge in [0, 0.05) is 24.9 Å². The molecule has 7 heteroatoms. The fourth-order valence-corrected chi connectivity index (χ4v) is 5.59. The number of hydrogen-bond acceptors (Lipinski definition) is 4. The molecule has 5 rings (SSSR count). The van der Waals surface area contributed by atoms with Crippen molar-refractivity contribution < 1.29 is 24.2 Å². The average molecular weight is 475 g/mol. The maximum Gasteiger partial charge on any atom is 0.407 e. The number of hydrogen-bond donors (Lipinski definition) is 3. The molecule has 3 aliphatic rings. The van der Waals surface area contributed by atoms with E-state index in [4.69, 9.17) is 9.84 Å². The van der Waals surface area contributed by atoms with Crippen molar-refractivity contribution in [2.45, 2.75) is 44.1 Å². The number of carbonyl (C=O) groups excluding carboxylic acids is 2. The van der Waals surface area contributed by atoms with Crippen LogP contribution in [0.3, 0.4) is 0 Å². The van der Waals surface area contributed by atoms with Gasteiger partial charge in [0.2, 0.25) is 5.91 Å². The van der Waals surface area contributed by atoms with Crippen LogP contribution in [0.25, 0.3) is 11.1 Å². The molecule has 0 aromatic heterocycles. The molecule has 3 N–H and O–H groups in total. The number of ether oxygens (including phenoxy) is 1. The molecule has 1 saturated carbocycles. The van der Waals surface area contributed by atoms with Crippen LogP contribution in [-0.4, -0.2) is 42.3 Å². The van der Waals surface area contributed by atoms with Crippen LogP contribution < -0.4 is 10.6 Å². The van der Waals surface area contributed by atoms with E-state index in [0.717, 1.165) is 19.3 Å². The Kier molecular flexibility index (Phi) is 6.32. The highest BCUT2D eigenvalue weighted by molar-refractivity contribution is 5.80. The number of alkyl carbamates (subject to hydrolysis) is 1. The summed E-state index contributed by atoms with van der Waals surface area (Å²) in [6.45, 7) is 0.640. The molecule has 2 unspecified atom stereocenters. The lowest BCUT2D eigenvalue weighted by Gasteiger charge is -2.41. The third-order valence-electron chi connectivity index (χ3n) is 7.65. The molecule has 0 aliphatic heterocycles. The number of aliphatic carboxylic acids is 1. The van der Waals surface area contributed by atoms with Crippen LogP contribution >= 0.6 is 0 Å². The summed E-state index contributed by atoms with van der Waals surface area (Å²) in [5.41, 5.74) is 4.43. The Morgan fingerprint density at radius 1 is 0.971 bits per heavy atom. The monoisotopic (exact) mass is 474 g/mol. The maximum absolute atomic E-state index is 12.6. The van der Waals surface area contributed by atoms with E-state index in [-0.39, 0.29) is 29.9 Å². The van der Waals surface area contributed by atoms with Gasteiger partial charge in [-0.25, -0.2) is 4.79 Å². The van der Waals surface area contributed by atoms with E-state index in [1.54, 1.807) is 12.2 Å². The highest BCUT2D eigenvalue weighted by atomic mass is 16.5. The molecule has 35 heavy (non-hydrogen) atoms. The van der Waals surface area contributed by atoms with Gasteiger partial charge in [0.15, 0.2) is 0 Å². The van der Waals surface area contributed by atoms with Gasteiger partial charge in [-0.15, -0.1) is 0 Å². The van der Waals surface area contributed by atoms with Crippen LogP contribution in [0.5, 0.6) is 0 Å². The fraction of sp³-hybridized carbons (Fsp3) is 0.393. The first-order chi connectivity index (χ1) is 16.9. The number of carbonyl (C=O) groups is 3. The fourth-order valence-electron chi connectivity index (χ4n) is 5.59. The lowest BCUT2D eigenvalue weighted by Crippen LogP contribution is -2.46. The number of fused-ring (bicyclic) bond motifs is 3. The van der Waals surface area contributed by atoms with Crippen LogP contribution in [-0.2, 0) is 14.3 Å². The van der Waals surface area contributed by atoms with E-state index in [1.165, 1.54) is 22.3 Å². The van der Waals surface area contributed by atoms with Gasteiger partial charge in [-0.05, 0) is 46.9 Å². The number of rotatable bonds is 8. The van der Waals surface area contributed by atoms with Crippen molar-refractivity contribution >= 4 is 18.0 Å². The maximum atomic E-state index is 12.6. The standard InChI is InChI=1S/C28H30N2O5/c31-25(30-19-11-10-18(14-19)26(32)33)15-28(12-5-13-28)17-29-27(34)35-16-24-22-8-3-1-6-20(22)21-7-2-4-9-23(21)24/h1-4,6-11,18-19,24H,5,12-17H2,(H,29,34)(H,30,31)(H,32,33). The molecule has 0 bridgehead atoms. The predicted octanol–water partition coefficient (Wildman–Crippen LogP) is 4.23. The minimum Gasteiger partial charge on any atom is -0.481 e. The van der Waals surface area contributed by atoms with Gasteiger partial charge in [-0.3, -0.25) is 9.59 Å². The van der Waals surface area contributed by atoms with Gasteiger partial charge in [0.05, 0.1) is 5.92 Å². The molecular formula is C28H30N2O5. The number of benzene rings is 2. The minimum absolute atomic E-state index is 0.00526. The Hall–Kier alpha value is -3.61. The minimum atomic E-state index is -0.874. The molecule has 0 radical (unpaired) electrons. The van der Waals surface area contributed by atoms with Gasteiger partial charge < -0.3 is 20.5 Å². The molecule has 0 saturated heterocycles. The Balaban J connectivity index is 1.12. The summed E-state index contributed by atoms with van der Waals surface area (Å²) in [7, 11) is 0. The normalized spacial score (nSPS) is 21.5. The summed E-state index contributed by atoms with van der Waals surface area (Å²) >= 11 is 0. The summed E-state index contributed by atoms with van der Waals surface area (Å²) in [4.78, 5) is 36.3. The second kappa shape index (κ2) is 9.56. The topological polar surface area (TPSA) is 105 Å². The summed E-state index contributed by atoms with van der Waals surface area (Å²) in [6.07, 6.45) is 6.34. The van der Waals surface area contributed by atoms with Crippen molar-refractivity contribution in [2.75, 3.05) is 13.2 Å². The van der Waals surface area contributed by atoms with Crippen LogP contribution in [0.4, 0.5) is 4.79 Å². The summed E-state index contributed by atoms with van der Waals surface area (Å²) < 4.78 is 5.64. The average Bonchev–Trinajstić information content (AvgIpc) is 3.42. The van der Waals surface area contributed by atoms with Gasteiger partial charge in [0.25, 0.3) is 0 Å². The largest absolute Gasteiger partial charge is 0.481 e. The van der Waals surface area contributed by atoms with Crippen LogP contribution in [0, 0.1) is 11.3 Å². The van der Waals surface area contributed by atoms with Gasteiger partial charge >= 0.3 is 12.1 Å². The van der Waals surface area contributed by atoms with Crippen molar-refractivity contribution in [2.24, 2.45) is 11.3 Å². The molecule has 182 valence electrons. The van der Waals surface area contributed by atoms with E-state index < -0.39 is 18.0 Å². The molecule has 0 spiro atoms. The number of amides is 2. The number of carboxylic acids is 1. The van der Waals surface area contributed by atoms with E-state index in [9.17, 15) is 14.4 Å². The molecule has 2 aromatic carbocycles. The quantitative estimate of drug-likeness (QED) is 0.497. The zero-order valence-electron chi connectivity index (χ0n) is 19.5. The van der Waals surface area contributed by atoms with E-state index in [1.807, 2.05) is 24.3 Å². The lowest BCUT2D eigenvalue weighted by molar-refractivity contribution is -0.140. The second-order valence-corrected chi connectivity index (χ2v) is 9.95. The Bertz CT molecular complexity index is 1120. The predicted molar refractivity (Wildman–Crippen MR) is 131 cm³/mol. The zero-order valence-corrected chi connectivity index (χ0v) is 19.5. The van der Waals surface area contributed by atoms with Crippen molar-refractivity contribution in [1.82, 2.24) is 10.6 Å². The van der Waals surface area contributed by atoms with E-state index >= 15 is 0 Å². The molecule has 2 aromatic rings. The Morgan fingerprint density at radius 2 is 1.63 bits per heavy atom. The molecule has 2 amide bonds. The second-order valence-electron chi connectivity index (χ2n) is 9.95. The van der Waals surface area contributed by atoms with Crippen LogP contribution in [0.1, 0.15) is 49.1 Å². The first-order valence-electron chi connectivity index (χ1n) is 12.2. The Labute approximate surface area is 204 Å². The highest BCUT2D eigenvalue weighted by Crippen LogP contribution is 2.45. The molecular weight excluding hydrogens is 444 g/mol. The molecule has 2 atom stereocenters. The van der Waals surface area contributed by atoms with Crippen molar-refractivity contribution in [3.05, 3.63) is 71.8 Å². The third-order valence-corrected chi connectivity index (χ3v) is 7.65. The van der Waals surface area contributed by atoms with Crippen molar-refractivity contribution in [1.29, 1.82) is 0 Å².